The van der Waals surface area contributed by atoms with Crippen molar-refractivity contribution in [2.45, 2.75) is 32.8 Å². The van der Waals surface area contributed by atoms with Gasteiger partial charge in [0.25, 0.3) is 5.56 Å². The Morgan fingerprint density at radius 2 is 1.79 bits per heavy atom. The lowest BCUT2D eigenvalue weighted by Crippen LogP contribution is -2.39. The number of anilines is 1. The molecule has 2 aromatic heterocycles. The van der Waals surface area contributed by atoms with Gasteiger partial charge in [0.05, 0.1) is 18.1 Å². The number of aromatic nitrogens is 3. The lowest BCUT2D eigenvalue weighted by atomic mass is 10.1. The van der Waals surface area contributed by atoms with Crippen LogP contribution >= 0.6 is 0 Å². The van der Waals surface area contributed by atoms with Crippen molar-refractivity contribution in [2.24, 2.45) is 0 Å². The molecule has 38 heavy (non-hydrogen) atoms. The summed E-state index contributed by atoms with van der Waals surface area (Å²) >= 11 is 0. The normalized spacial score (nSPS) is 11.3. The topological polar surface area (TPSA) is 89.4 Å². The van der Waals surface area contributed by atoms with Crippen LogP contribution in [-0.4, -0.2) is 37.9 Å². The molecule has 0 spiro atoms. The molecule has 0 saturated carbocycles. The van der Waals surface area contributed by atoms with Crippen LogP contribution in [0.3, 0.4) is 0 Å². The number of hydrogen-bond acceptors (Lipinski definition) is 5. The number of amides is 2. The molecule has 196 valence electrons. The molecule has 8 nitrogen and oxygen atoms in total. The minimum Gasteiger partial charge on any atom is -0.406 e. The summed E-state index contributed by atoms with van der Waals surface area (Å²) < 4.78 is 42.4. The average molecular weight is 524 g/mol. The molecule has 0 saturated heterocycles. The van der Waals surface area contributed by atoms with Crippen molar-refractivity contribution in [3.8, 4) is 22.8 Å². The average Bonchev–Trinajstić information content (AvgIpc) is 2.88. The number of urea groups is 1. The summed E-state index contributed by atoms with van der Waals surface area (Å²) in [5.41, 5.74) is 2.34. The van der Waals surface area contributed by atoms with Crippen molar-refractivity contribution in [2.75, 3.05) is 5.32 Å². The number of carbonyl (C=O) groups is 1. The van der Waals surface area contributed by atoms with E-state index in [2.05, 4.69) is 20.0 Å². The van der Waals surface area contributed by atoms with E-state index < -0.39 is 12.4 Å². The molecule has 0 aliphatic heterocycles. The standard InChI is InChI=1S/C27H24F3N5O3/c1-18(2)35(26(37)33-21-9-11-22(12-10-21)38-27(28,29)30)17-19-6-5-7-20(14-19)23-15-32-24(16-31-23)34-13-4-3-8-25(34)36/h3-16,18H,17H2,1-2H3,(H,33,37). The highest BCUT2D eigenvalue weighted by Crippen LogP contribution is 2.25. The molecule has 0 aliphatic rings. The highest BCUT2D eigenvalue weighted by molar-refractivity contribution is 5.89. The van der Waals surface area contributed by atoms with E-state index in [1.54, 1.807) is 29.4 Å². The number of rotatable bonds is 7. The van der Waals surface area contributed by atoms with E-state index in [1.165, 1.54) is 29.0 Å². The zero-order valence-electron chi connectivity index (χ0n) is 20.5. The maximum Gasteiger partial charge on any atom is 0.573 e. The van der Waals surface area contributed by atoms with E-state index in [0.717, 1.165) is 23.3 Å². The highest BCUT2D eigenvalue weighted by atomic mass is 19.4. The maximum atomic E-state index is 13.0. The first-order valence-corrected chi connectivity index (χ1v) is 11.6. The number of benzene rings is 2. The van der Waals surface area contributed by atoms with Gasteiger partial charge in [-0.2, -0.15) is 0 Å². The second kappa shape index (κ2) is 11.2. The van der Waals surface area contributed by atoms with Crippen LogP contribution in [0.2, 0.25) is 0 Å². The molecule has 0 aliphatic carbocycles. The second-order valence-electron chi connectivity index (χ2n) is 8.59. The predicted molar refractivity (Wildman–Crippen MR) is 136 cm³/mol. The quantitative estimate of drug-likeness (QED) is 0.339. The molecule has 2 amide bonds. The van der Waals surface area contributed by atoms with Gasteiger partial charge in [0.15, 0.2) is 5.82 Å². The van der Waals surface area contributed by atoms with Gasteiger partial charge in [0.1, 0.15) is 5.75 Å². The van der Waals surface area contributed by atoms with Gasteiger partial charge in [-0.25, -0.2) is 9.78 Å². The Balaban J connectivity index is 1.46. The molecule has 4 rings (SSSR count). The van der Waals surface area contributed by atoms with E-state index in [-0.39, 0.29) is 23.9 Å². The summed E-state index contributed by atoms with van der Waals surface area (Å²) in [7, 11) is 0. The van der Waals surface area contributed by atoms with Gasteiger partial charge in [-0.15, -0.1) is 13.2 Å². The Kier molecular flexibility index (Phi) is 7.75. The zero-order chi connectivity index (χ0) is 27.3. The predicted octanol–water partition coefficient (Wildman–Crippen LogP) is 5.64. The first kappa shape index (κ1) is 26.4. The van der Waals surface area contributed by atoms with Crippen LogP contribution in [0.25, 0.3) is 17.1 Å². The van der Waals surface area contributed by atoms with Gasteiger partial charge in [-0.1, -0.05) is 24.3 Å². The number of halogens is 3. The Morgan fingerprint density at radius 3 is 2.42 bits per heavy atom. The Morgan fingerprint density at radius 1 is 1.03 bits per heavy atom. The number of alkyl halides is 3. The van der Waals surface area contributed by atoms with Crippen molar-refractivity contribution >= 4 is 11.7 Å². The van der Waals surface area contributed by atoms with E-state index in [9.17, 15) is 22.8 Å². The molecule has 4 aromatic rings. The van der Waals surface area contributed by atoms with Crippen LogP contribution in [0.15, 0.2) is 90.1 Å². The van der Waals surface area contributed by atoms with Crippen LogP contribution in [0, 0.1) is 0 Å². The third-order valence-corrected chi connectivity index (χ3v) is 5.51. The molecule has 2 heterocycles. The molecular weight excluding hydrogens is 499 g/mol. The van der Waals surface area contributed by atoms with Crippen molar-refractivity contribution in [3.63, 3.8) is 0 Å². The first-order valence-electron chi connectivity index (χ1n) is 11.6. The summed E-state index contributed by atoms with van der Waals surface area (Å²) in [6.07, 6.45) is -0.0825. The van der Waals surface area contributed by atoms with Crippen LogP contribution in [-0.2, 0) is 6.54 Å². The summed E-state index contributed by atoms with van der Waals surface area (Å²) in [5, 5.41) is 2.71. The van der Waals surface area contributed by atoms with Gasteiger partial charge in [0, 0.05) is 36.1 Å². The summed E-state index contributed by atoms with van der Waals surface area (Å²) in [6, 6.07) is 16.7. The van der Waals surface area contributed by atoms with Gasteiger partial charge < -0.3 is 15.0 Å². The van der Waals surface area contributed by atoms with Gasteiger partial charge in [0.2, 0.25) is 0 Å². The van der Waals surface area contributed by atoms with Crippen LogP contribution < -0.4 is 15.6 Å². The third kappa shape index (κ3) is 6.75. The summed E-state index contributed by atoms with van der Waals surface area (Å²) in [5.74, 6) is 0.0242. The molecule has 0 bridgehead atoms. The fourth-order valence-corrected chi connectivity index (χ4v) is 3.66. The van der Waals surface area contributed by atoms with E-state index in [1.807, 2.05) is 38.1 Å². The number of pyridine rings is 1. The number of hydrogen-bond donors (Lipinski definition) is 1. The monoisotopic (exact) mass is 523 g/mol. The molecule has 0 unspecified atom stereocenters. The minimum absolute atomic E-state index is 0.172. The highest BCUT2D eigenvalue weighted by Gasteiger charge is 2.31. The van der Waals surface area contributed by atoms with Crippen molar-refractivity contribution in [1.29, 1.82) is 0 Å². The Bertz CT molecular complexity index is 1450. The minimum atomic E-state index is -4.79. The van der Waals surface area contributed by atoms with Gasteiger partial charge >= 0.3 is 12.4 Å². The molecule has 0 radical (unpaired) electrons. The third-order valence-electron chi connectivity index (χ3n) is 5.51. The van der Waals surface area contributed by atoms with Crippen LogP contribution in [0.5, 0.6) is 5.75 Å². The van der Waals surface area contributed by atoms with Crippen molar-refractivity contribution in [3.05, 3.63) is 101 Å². The Hall–Kier alpha value is -4.67. The zero-order valence-corrected chi connectivity index (χ0v) is 20.5. The maximum absolute atomic E-state index is 13.0. The summed E-state index contributed by atoms with van der Waals surface area (Å²) in [6.45, 7) is 4.00. The van der Waals surface area contributed by atoms with Crippen molar-refractivity contribution in [1.82, 2.24) is 19.4 Å². The lowest BCUT2D eigenvalue weighted by molar-refractivity contribution is -0.274. The number of nitrogens with zero attached hydrogens (tertiary/aromatic N) is 4. The molecule has 0 atom stereocenters. The van der Waals surface area contributed by atoms with Gasteiger partial charge in [-0.3, -0.25) is 14.3 Å². The van der Waals surface area contributed by atoms with Crippen LogP contribution in [0.4, 0.5) is 23.7 Å². The fraction of sp³-hybridized carbons (Fsp3) is 0.185. The van der Waals surface area contributed by atoms with Gasteiger partial charge in [-0.05, 0) is 55.8 Å². The fourth-order valence-electron chi connectivity index (χ4n) is 3.66. The largest absolute Gasteiger partial charge is 0.573 e. The van der Waals surface area contributed by atoms with E-state index >= 15 is 0 Å². The SMILES string of the molecule is CC(C)N(Cc1cccc(-c2cnc(-n3ccccc3=O)cn2)c1)C(=O)Nc1ccc(OC(F)(F)F)cc1. The second-order valence-corrected chi connectivity index (χ2v) is 8.59. The number of carbonyl (C=O) groups excluding carboxylic acids is 1. The smallest absolute Gasteiger partial charge is 0.406 e. The van der Waals surface area contributed by atoms with E-state index in [4.69, 9.17) is 0 Å². The Labute approximate surface area is 216 Å². The van der Waals surface area contributed by atoms with Crippen molar-refractivity contribution < 1.29 is 22.7 Å². The van der Waals surface area contributed by atoms with E-state index in [0.29, 0.717) is 17.2 Å². The lowest BCUT2D eigenvalue weighted by Gasteiger charge is -2.27. The number of ether oxygens (including phenoxy) is 1. The molecular formula is C27H24F3N5O3. The molecule has 11 heteroatoms. The molecule has 1 N–H and O–H groups in total. The first-order chi connectivity index (χ1) is 18.1. The number of nitrogens with one attached hydrogen (secondary N) is 1. The van der Waals surface area contributed by atoms with Crippen LogP contribution in [0.1, 0.15) is 19.4 Å². The molecule has 0 fully saturated rings. The summed E-state index contributed by atoms with van der Waals surface area (Å²) in [4.78, 5) is 35.4. The molecule has 2 aromatic carbocycles.